The number of nitrogens with zero attached hydrogens (tertiary/aromatic N) is 2. The molecule has 220 valence electrons. The van der Waals surface area contributed by atoms with Gasteiger partial charge in [-0.3, -0.25) is 30.2 Å². The Hall–Kier alpha value is -5.21. The Bertz CT molecular complexity index is 1600. The predicted molar refractivity (Wildman–Crippen MR) is 167 cm³/mol. The number of carbonyl (C=O) groups is 3. The average molecular weight is 585 g/mol. The van der Waals surface area contributed by atoms with Crippen molar-refractivity contribution in [3.05, 3.63) is 144 Å². The Morgan fingerprint density at radius 1 is 0.591 bits per heavy atom. The van der Waals surface area contributed by atoms with Crippen molar-refractivity contribution in [2.24, 2.45) is 17.3 Å². The summed E-state index contributed by atoms with van der Waals surface area (Å²) in [5.41, 5.74) is 0.142. The van der Waals surface area contributed by atoms with Gasteiger partial charge in [-0.1, -0.05) is 121 Å². The minimum Gasteiger partial charge on any atom is -0.364 e. The van der Waals surface area contributed by atoms with Gasteiger partial charge in [-0.2, -0.15) is 0 Å². The summed E-state index contributed by atoms with van der Waals surface area (Å²) in [6.07, 6.45) is -1.94. The molecule has 0 radical (unpaired) electrons. The zero-order valence-corrected chi connectivity index (χ0v) is 24.4. The van der Waals surface area contributed by atoms with Gasteiger partial charge in [0.25, 0.3) is 0 Å². The Kier molecular flexibility index (Phi) is 7.53. The fraction of sp³-hybridized carbons (Fsp3) is 0.194. The largest absolute Gasteiger partial charge is 0.364 e. The van der Waals surface area contributed by atoms with Gasteiger partial charge < -0.3 is 4.74 Å². The molecule has 4 aromatic carbocycles. The smallest absolute Gasteiger partial charge is 0.330 e. The number of urea groups is 1. The van der Waals surface area contributed by atoms with E-state index in [0.717, 1.165) is 9.80 Å². The normalized spacial score (nSPS) is 25.3. The van der Waals surface area contributed by atoms with E-state index in [2.05, 4.69) is 0 Å². The molecule has 4 unspecified atom stereocenters. The van der Waals surface area contributed by atoms with Crippen LogP contribution in [0.25, 0.3) is 0 Å². The van der Waals surface area contributed by atoms with Crippen molar-refractivity contribution in [2.75, 3.05) is 14.1 Å². The first kappa shape index (κ1) is 28.9. The Labute approximate surface area is 255 Å². The number of amides is 2. The number of ketones is 2. The third-order valence-electron chi connectivity index (χ3n) is 8.85. The quantitative estimate of drug-likeness (QED) is 0.254. The average Bonchev–Trinajstić information content (AvgIpc) is 3.09. The standard InChI is InChI=1S/C36H32N4O4/c1-39-33(37)36(34(38)40(2)35(39)43)27(29(41)23-15-7-3-8-16-23)31(25-19-11-5-12-20-25)44-32(26-21-13-6-14-22-26)28(36)30(42)24-17-9-4-10-18-24/h3-22,27-28,31-32,37-38H,1-2H3. The molecule has 2 fully saturated rings. The summed E-state index contributed by atoms with van der Waals surface area (Å²) in [6.45, 7) is 0. The Morgan fingerprint density at radius 2 is 0.909 bits per heavy atom. The van der Waals surface area contributed by atoms with Crippen molar-refractivity contribution < 1.29 is 19.1 Å². The number of rotatable bonds is 6. The Balaban J connectivity index is 1.72. The lowest BCUT2D eigenvalue weighted by atomic mass is 9.53. The summed E-state index contributed by atoms with van der Waals surface area (Å²) in [4.78, 5) is 45.4. The van der Waals surface area contributed by atoms with E-state index in [4.69, 9.17) is 4.74 Å². The van der Waals surface area contributed by atoms with Crippen molar-refractivity contribution in [2.45, 2.75) is 12.2 Å². The highest BCUT2D eigenvalue weighted by atomic mass is 16.5. The highest BCUT2D eigenvalue weighted by Gasteiger charge is 2.69. The van der Waals surface area contributed by atoms with Gasteiger partial charge in [-0.05, 0) is 11.1 Å². The van der Waals surface area contributed by atoms with E-state index in [1.807, 2.05) is 60.7 Å². The van der Waals surface area contributed by atoms with Crippen LogP contribution in [0.1, 0.15) is 44.1 Å². The van der Waals surface area contributed by atoms with Gasteiger partial charge in [0.05, 0.1) is 24.0 Å². The van der Waals surface area contributed by atoms with Crippen LogP contribution < -0.4 is 0 Å². The molecular formula is C36H32N4O4. The number of Topliss-reactive ketones (excluding diaryl/α,β-unsaturated/α-hetero) is 2. The fourth-order valence-electron chi connectivity index (χ4n) is 6.74. The molecular weight excluding hydrogens is 552 g/mol. The molecule has 8 nitrogen and oxygen atoms in total. The van der Waals surface area contributed by atoms with Crippen molar-refractivity contribution in [1.82, 2.24) is 9.80 Å². The SMILES string of the molecule is CN1C(=N)C2(C(=N)N(C)C1=O)C(C(=O)c1ccccc1)C(c1ccccc1)OC(c1ccccc1)C2C(=O)c1ccccc1. The van der Waals surface area contributed by atoms with Crippen molar-refractivity contribution in [3.63, 3.8) is 0 Å². The Morgan fingerprint density at radius 3 is 1.25 bits per heavy atom. The zero-order valence-electron chi connectivity index (χ0n) is 24.4. The van der Waals surface area contributed by atoms with E-state index in [1.165, 1.54) is 14.1 Å². The minimum absolute atomic E-state index is 0.292. The summed E-state index contributed by atoms with van der Waals surface area (Å²) in [5.74, 6) is -3.85. The molecule has 0 aromatic heterocycles. The lowest BCUT2D eigenvalue weighted by molar-refractivity contribution is -0.132. The molecule has 0 saturated carbocycles. The highest BCUT2D eigenvalue weighted by Crippen LogP contribution is 2.60. The number of benzene rings is 4. The van der Waals surface area contributed by atoms with E-state index in [-0.39, 0.29) is 23.2 Å². The predicted octanol–water partition coefficient (Wildman–Crippen LogP) is 6.44. The van der Waals surface area contributed by atoms with Crippen molar-refractivity contribution >= 4 is 29.3 Å². The van der Waals surface area contributed by atoms with Crippen LogP contribution in [0, 0.1) is 28.1 Å². The molecule has 4 aromatic rings. The molecule has 4 atom stereocenters. The summed E-state index contributed by atoms with van der Waals surface area (Å²) < 4.78 is 6.93. The van der Waals surface area contributed by atoms with Crippen molar-refractivity contribution in [3.8, 4) is 0 Å². The minimum atomic E-state index is -1.89. The molecule has 2 amide bonds. The highest BCUT2D eigenvalue weighted by molar-refractivity contribution is 6.26. The molecule has 2 aliphatic rings. The molecule has 2 saturated heterocycles. The first-order valence-electron chi connectivity index (χ1n) is 14.4. The molecule has 8 heteroatoms. The zero-order chi connectivity index (χ0) is 31.0. The van der Waals surface area contributed by atoms with E-state index < -0.39 is 35.5 Å². The van der Waals surface area contributed by atoms with Gasteiger partial charge in [0, 0.05) is 25.2 Å². The van der Waals surface area contributed by atoms with Crippen LogP contribution in [-0.2, 0) is 4.74 Å². The maximum absolute atomic E-state index is 14.9. The molecule has 0 bridgehead atoms. The molecule has 1 spiro atoms. The van der Waals surface area contributed by atoms with E-state index in [1.54, 1.807) is 60.7 Å². The first-order chi connectivity index (χ1) is 21.3. The molecule has 0 aliphatic carbocycles. The number of nitrogens with one attached hydrogen (secondary N) is 2. The van der Waals surface area contributed by atoms with E-state index >= 15 is 0 Å². The molecule has 2 aliphatic heterocycles. The number of amidine groups is 2. The van der Waals surface area contributed by atoms with Crippen LogP contribution in [-0.4, -0.2) is 53.2 Å². The summed E-state index contributed by atoms with van der Waals surface area (Å²) >= 11 is 0. The van der Waals surface area contributed by atoms with Gasteiger partial charge in [0.15, 0.2) is 11.6 Å². The number of hydrogen-bond acceptors (Lipinski definition) is 6. The molecule has 44 heavy (non-hydrogen) atoms. The number of carbonyl (C=O) groups excluding carboxylic acids is 3. The van der Waals surface area contributed by atoms with Crippen LogP contribution in [0.3, 0.4) is 0 Å². The number of ether oxygens (including phenoxy) is 1. The number of hydrogen-bond donors (Lipinski definition) is 2. The fourth-order valence-corrected chi connectivity index (χ4v) is 6.74. The van der Waals surface area contributed by atoms with Crippen LogP contribution in [0.4, 0.5) is 4.79 Å². The monoisotopic (exact) mass is 584 g/mol. The van der Waals surface area contributed by atoms with E-state index in [0.29, 0.717) is 22.3 Å². The van der Waals surface area contributed by atoms with Crippen LogP contribution in [0.15, 0.2) is 121 Å². The van der Waals surface area contributed by atoms with Crippen LogP contribution in [0.5, 0.6) is 0 Å². The topological polar surface area (TPSA) is 115 Å². The summed E-state index contributed by atoms with van der Waals surface area (Å²) in [7, 11) is 2.90. The van der Waals surface area contributed by atoms with E-state index in [9.17, 15) is 25.2 Å². The first-order valence-corrected chi connectivity index (χ1v) is 14.4. The summed E-state index contributed by atoms with van der Waals surface area (Å²) in [5, 5.41) is 19.3. The van der Waals surface area contributed by atoms with Gasteiger partial charge in [0.2, 0.25) is 0 Å². The second-order valence-corrected chi connectivity index (χ2v) is 11.2. The lowest BCUT2D eigenvalue weighted by Gasteiger charge is -2.58. The maximum Gasteiger partial charge on any atom is 0.330 e. The van der Waals surface area contributed by atoms with Crippen molar-refractivity contribution in [1.29, 1.82) is 10.8 Å². The van der Waals surface area contributed by atoms with Gasteiger partial charge in [0.1, 0.15) is 17.1 Å². The van der Waals surface area contributed by atoms with Gasteiger partial charge in [-0.15, -0.1) is 0 Å². The van der Waals surface area contributed by atoms with Crippen LogP contribution >= 0.6 is 0 Å². The summed E-state index contributed by atoms with van der Waals surface area (Å²) in [6, 6.07) is 35.2. The van der Waals surface area contributed by atoms with Gasteiger partial charge >= 0.3 is 6.03 Å². The van der Waals surface area contributed by atoms with Crippen LogP contribution in [0.2, 0.25) is 0 Å². The maximum atomic E-state index is 14.9. The second kappa shape index (κ2) is 11.5. The molecule has 2 N–H and O–H groups in total. The second-order valence-electron chi connectivity index (χ2n) is 11.2. The third-order valence-corrected chi connectivity index (χ3v) is 8.85. The third kappa shape index (κ3) is 4.46. The lowest BCUT2D eigenvalue weighted by Crippen LogP contribution is -2.72. The van der Waals surface area contributed by atoms with Gasteiger partial charge in [-0.25, -0.2) is 4.79 Å². The molecule has 6 rings (SSSR count). The molecule has 2 heterocycles.